The Labute approximate surface area is 170 Å². The Kier molecular flexibility index (Phi) is 6.20. The molecular weight excluding hydrogens is 397 g/mol. The fourth-order valence-electron chi connectivity index (χ4n) is 2.79. The van der Waals surface area contributed by atoms with E-state index in [1.54, 1.807) is 0 Å². The molecule has 0 unspecified atom stereocenters. The van der Waals surface area contributed by atoms with Gasteiger partial charge in [0.2, 0.25) is 0 Å². The predicted octanol–water partition coefficient (Wildman–Crippen LogP) is 3.49. The Balaban J connectivity index is 1.42. The van der Waals surface area contributed by atoms with Crippen molar-refractivity contribution >= 4 is 22.4 Å². The van der Waals surface area contributed by atoms with Gasteiger partial charge in [0.05, 0.1) is 38.3 Å². The van der Waals surface area contributed by atoms with E-state index in [2.05, 4.69) is 15.3 Å². The van der Waals surface area contributed by atoms with E-state index >= 15 is 0 Å². The van der Waals surface area contributed by atoms with Gasteiger partial charge in [-0.2, -0.15) is 0 Å². The van der Waals surface area contributed by atoms with E-state index in [0.29, 0.717) is 31.6 Å². The lowest BCUT2D eigenvalue weighted by atomic mass is 10.1. The predicted molar refractivity (Wildman–Crippen MR) is 105 cm³/mol. The van der Waals surface area contributed by atoms with E-state index in [1.807, 2.05) is 29.6 Å². The Morgan fingerprint density at radius 3 is 2.86 bits per heavy atom. The van der Waals surface area contributed by atoms with Crippen LogP contribution in [0.3, 0.4) is 0 Å². The molecule has 1 saturated heterocycles. The number of hydrogen-bond acceptors (Lipinski definition) is 7. The quantitative estimate of drug-likeness (QED) is 0.636. The maximum absolute atomic E-state index is 13.0. The number of carbonyl (C=O) groups is 1. The van der Waals surface area contributed by atoms with E-state index in [0.717, 1.165) is 23.0 Å². The number of hydrogen-bond donors (Lipinski definition) is 1. The second-order valence-electron chi connectivity index (χ2n) is 6.20. The molecule has 3 aromatic rings. The van der Waals surface area contributed by atoms with E-state index in [4.69, 9.17) is 14.2 Å². The SMILES string of the molecule is O=C(Nc1nc(-c2ccccc2COCC2OCCO2)cs1)c1ccc(F)cn1. The van der Waals surface area contributed by atoms with Gasteiger partial charge < -0.3 is 14.2 Å². The summed E-state index contributed by atoms with van der Waals surface area (Å²) >= 11 is 1.30. The van der Waals surface area contributed by atoms with Crippen LogP contribution >= 0.6 is 11.3 Å². The van der Waals surface area contributed by atoms with Crippen molar-refractivity contribution in [3.8, 4) is 11.3 Å². The molecule has 2 aromatic heterocycles. The summed E-state index contributed by atoms with van der Waals surface area (Å²) in [6.45, 7) is 1.92. The number of pyridine rings is 1. The van der Waals surface area contributed by atoms with Crippen LogP contribution in [0.2, 0.25) is 0 Å². The summed E-state index contributed by atoms with van der Waals surface area (Å²) in [6.07, 6.45) is 0.684. The van der Waals surface area contributed by atoms with Gasteiger partial charge in [-0.3, -0.25) is 10.1 Å². The highest BCUT2D eigenvalue weighted by Crippen LogP contribution is 2.28. The second-order valence-corrected chi connectivity index (χ2v) is 7.06. The molecule has 0 aliphatic carbocycles. The van der Waals surface area contributed by atoms with E-state index in [1.165, 1.54) is 23.5 Å². The molecule has 1 aliphatic rings. The molecule has 9 heteroatoms. The number of ether oxygens (including phenoxy) is 3. The Morgan fingerprint density at radius 1 is 1.24 bits per heavy atom. The normalized spacial score (nSPS) is 14.2. The van der Waals surface area contributed by atoms with Crippen molar-refractivity contribution in [2.45, 2.75) is 12.9 Å². The monoisotopic (exact) mass is 415 g/mol. The van der Waals surface area contributed by atoms with Crippen molar-refractivity contribution in [2.24, 2.45) is 0 Å². The van der Waals surface area contributed by atoms with Crippen LogP contribution in [0.25, 0.3) is 11.3 Å². The summed E-state index contributed by atoms with van der Waals surface area (Å²) in [5.41, 5.74) is 2.73. The van der Waals surface area contributed by atoms with Crippen LogP contribution in [0.15, 0.2) is 48.0 Å². The number of carbonyl (C=O) groups excluding carboxylic acids is 1. The summed E-state index contributed by atoms with van der Waals surface area (Å²) in [4.78, 5) is 20.5. The molecule has 1 amide bonds. The molecule has 1 N–H and O–H groups in total. The standard InChI is InChI=1S/C20H18FN3O4S/c21-14-5-6-16(22-9-14)19(25)24-20-23-17(12-29-20)15-4-2-1-3-13(15)10-26-11-18-27-7-8-28-18/h1-6,9,12,18H,7-8,10-11H2,(H,23,24,25). The maximum atomic E-state index is 13.0. The number of amides is 1. The molecule has 0 saturated carbocycles. The third-order valence-corrected chi connectivity index (χ3v) is 4.94. The van der Waals surface area contributed by atoms with Crippen molar-refractivity contribution in [3.63, 3.8) is 0 Å². The van der Waals surface area contributed by atoms with Crippen molar-refractivity contribution in [2.75, 3.05) is 25.1 Å². The average molecular weight is 415 g/mol. The number of halogens is 1. The number of nitrogens with one attached hydrogen (secondary N) is 1. The van der Waals surface area contributed by atoms with Crippen LogP contribution in [0, 0.1) is 5.82 Å². The molecule has 150 valence electrons. The summed E-state index contributed by atoms with van der Waals surface area (Å²) in [7, 11) is 0. The molecule has 0 atom stereocenters. The number of thiazole rings is 1. The third-order valence-electron chi connectivity index (χ3n) is 4.18. The van der Waals surface area contributed by atoms with Crippen molar-refractivity contribution in [1.29, 1.82) is 0 Å². The van der Waals surface area contributed by atoms with Crippen molar-refractivity contribution < 1.29 is 23.4 Å². The average Bonchev–Trinajstić information content (AvgIpc) is 3.41. The molecule has 3 heterocycles. The minimum Gasteiger partial charge on any atom is -0.371 e. The van der Waals surface area contributed by atoms with Crippen LogP contribution in [0.1, 0.15) is 16.1 Å². The van der Waals surface area contributed by atoms with Gasteiger partial charge in [0.15, 0.2) is 11.4 Å². The van der Waals surface area contributed by atoms with Crippen LogP contribution in [0.5, 0.6) is 0 Å². The lowest BCUT2D eigenvalue weighted by molar-refractivity contribution is -0.0974. The maximum Gasteiger partial charge on any atom is 0.276 e. The summed E-state index contributed by atoms with van der Waals surface area (Å²) in [5.74, 6) is -0.943. The third kappa shape index (κ3) is 5.01. The highest BCUT2D eigenvalue weighted by Gasteiger charge is 2.17. The number of nitrogens with zero attached hydrogens (tertiary/aromatic N) is 2. The molecule has 4 rings (SSSR count). The van der Waals surface area contributed by atoms with Crippen LogP contribution < -0.4 is 5.32 Å². The van der Waals surface area contributed by atoms with E-state index < -0.39 is 11.7 Å². The van der Waals surface area contributed by atoms with Gasteiger partial charge in [0.1, 0.15) is 11.5 Å². The summed E-state index contributed by atoms with van der Waals surface area (Å²) in [5, 5.41) is 4.97. The minimum absolute atomic E-state index is 0.119. The van der Waals surface area contributed by atoms with Gasteiger partial charge in [-0.1, -0.05) is 24.3 Å². The van der Waals surface area contributed by atoms with Crippen LogP contribution in [0.4, 0.5) is 9.52 Å². The molecule has 1 aliphatic heterocycles. The first-order chi connectivity index (χ1) is 14.2. The number of aromatic nitrogens is 2. The number of benzene rings is 1. The molecule has 1 aromatic carbocycles. The first-order valence-electron chi connectivity index (χ1n) is 8.97. The molecule has 29 heavy (non-hydrogen) atoms. The number of rotatable bonds is 7. The Bertz CT molecular complexity index is 974. The van der Waals surface area contributed by atoms with Crippen molar-refractivity contribution in [1.82, 2.24) is 9.97 Å². The molecule has 7 nitrogen and oxygen atoms in total. The zero-order valence-electron chi connectivity index (χ0n) is 15.3. The molecule has 0 spiro atoms. The van der Waals surface area contributed by atoms with Crippen molar-refractivity contribution in [3.05, 3.63) is 65.0 Å². The molecule has 0 bridgehead atoms. The van der Waals surface area contributed by atoms with Gasteiger partial charge in [-0.25, -0.2) is 14.4 Å². The fraction of sp³-hybridized carbons (Fsp3) is 0.250. The molecule has 1 fully saturated rings. The topological polar surface area (TPSA) is 82.6 Å². The zero-order valence-corrected chi connectivity index (χ0v) is 16.2. The van der Waals surface area contributed by atoms with Gasteiger partial charge in [-0.05, 0) is 17.7 Å². The van der Waals surface area contributed by atoms with Gasteiger partial charge >= 0.3 is 0 Å². The smallest absolute Gasteiger partial charge is 0.276 e. The van der Waals surface area contributed by atoms with Gasteiger partial charge in [0.25, 0.3) is 5.91 Å². The minimum atomic E-state index is -0.497. The van der Waals surface area contributed by atoms with E-state index in [9.17, 15) is 9.18 Å². The highest BCUT2D eigenvalue weighted by molar-refractivity contribution is 7.14. The summed E-state index contributed by atoms with van der Waals surface area (Å²) < 4.78 is 29.4. The lowest BCUT2D eigenvalue weighted by Crippen LogP contribution is -2.16. The first-order valence-corrected chi connectivity index (χ1v) is 9.84. The molecule has 0 radical (unpaired) electrons. The lowest BCUT2D eigenvalue weighted by Gasteiger charge is -2.11. The number of anilines is 1. The first kappa shape index (κ1) is 19.6. The van der Waals surface area contributed by atoms with Gasteiger partial charge in [-0.15, -0.1) is 11.3 Å². The van der Waals surface area contributed by atoms with Gasteiger partial charge in [0, 0.05) is 10.9 Å². The highest BCUT2D eigenvalue weighted by atomic mass is 32.1. The molecular formula is C20H18FN3O4S. The second kappa shape index (κ2) is 9.19. The largest absolute Gasteiger partial charge is 0.371 e. The fourth-order valence-corrected chi connectivity index (χ4v) is 3.50. The zero-order chi connectivity index (χ0) is 20.1. The van der Waals surface area contributed by atoms with Crippen LogP contribution in [-0.4, -0.2) is 42.0 Å². The Morgan fingerprint density at radius 2 is 2.07 bits per heavy atom. The van der Waals surface area contributed by atoms with E-state index in [-0.39, 0.29) is 12.0 Å². The summed E-state index contributed by atoms with van der Waals surface area (Å²) in [6, 6.07) is 10.3. The van der Waals surface area contributed by atoms with Crippen LogP contribution in [-0.2, 0) is 20.8 Å². The Hall–Kier alpha value is -2.72.